The van der Waals surface area contributed by atoms with Crippen LogP contribution in [0.25, 0.3) is 0 Å². The highest BCUT2D eigenvalue weighted by atomic mass is 19.1. The minimum Gasteiger partial charge on any atom is -0.477 e. The van der Waals surface area contributed by atoms with E-state index in [4.69, 9.17) is 5.11 Å². The Bertz CT molecular complexity index is 692. The number of rotatable bonds is 3. The highest BCUT2D eigenvalue weighted by Gasteiger charge is 2.17. The Morgan fingerprint density at radius 2 is 1.95 bits per heavy atom. The minimum absolute atomic E-state index is 0.0874. The molecule has 0 unspecified atom stereocenters. The van der Waals surface area contributed by atoms with Crippen LogP contribution < -0.4 is 5.32 Å². The summed E-state index contributed by atoms with van der Waals surface area (Å²) in [4.78, 5) is 25.8. The molecule has 104 valence electrons. The summed E-state index contributed by atoms with van der Waals surface area (Å²) in [5.41, 5.74) is 1.49. The number of benzene rings is 1. The molecule has 0 atom stereocenters. The summed E-state index contributed by atoms with van der Waals surface area (Å²) in [6, 6.07) is 5.32. The lowest BCUT2D eigenvalue weighted by atomic mass is 10.1. The molecule has 2 aromatic rings. The number of carboxylic acid groups (broad SMARTS) is 1. The van der Waals surface area contributed by atoms with Crippen molar-refractivity contribution in [1.29, 1.82) is 0 Å². The minimum atomic E-state index is -1.16. The number of carbonyl (C=O) groups is 2. The van der Waals surface area contributed by atoms with Crippen LogP contribution in [-0.4, -0.2) is 22.0 Å². The molecule has 0 bridgehead atoms. The van der Waals surface area contributed by atoms with E-state index in [1.165, 1.54) is 24.3 Å². The quantitative estimate of drug-likeness (QED) is 0.806. The van der Waals surface area contributed by atoms with Crippen LogP contribution in [0.5, 0.6) is 0 Å². The van der Waals surface area contributed by atoms with E-state index < -0.39 is 17.7 Å². The standard InChI is InChI=1S/C14H13FN2O3/c1-7-5-9(15)3-4-10(7)13(18)17-11-6-8(2)16-12(11)14(19)20/h3-6,16H,1-2H3,(H,17,18)(H,19,20). The van der Waals surface area contributed by atoms with Crippen molar-refractivity contribution in [1.82, 2.24) is 4.98 Å². The van der Waals surface area contributed by atoms with Crippen LogP contribution in [0.2, 0.25) is 0 Å². The van der Waals surface area contributed by atoms with Gasteiger partial charge in [-0.2, -0.15) is 0 Å². The van der Waals surface area contributed by atoms with E-state index >= 15 is 0 Å². The number of hydrogen-bond donors (Lipinski definition) is 3. The predicted molar refractivity (Wildman–Crippen MR) is 71.6 cm³/mol. The molecule has 1 aromatic carbocycles. The van der Waals surface area contributed by atoms with Crippen molar-refractivity contribution in [3.8, 4) is 0 Å². The number of aromatic carboxylic acids is 1. The van der Waals surface area contributed by atoms with Crippen LogP contribution in [0.15, 0.2) is 24.3 Å². The summed E-state index contributed by atoms with van der Waals surface area (Å²) in [7, 11) is 0. The van der Waals surface area contributed by atoms with Gasteiger partial charge in [0, 0.05) is 11.3 Å². The van der Waals surface area contributed by atoms with Gasteiger partial charge in [-0.25, -0.2) is 9.18 Å². The monoisotopic (exact) mass is 276 g/mol. The second-order valence-electron chi connectivity index (χ2n) is 4.46. The van der Waals surface area contributed by atoms with Gasteiger partial charge in [-0.05, 0) is 43.7 Å². The molecule has 0 fully saturated rings. The van der Waals surface area contributed by atoms with E-state index in [0.717, 1.165) is 0 Å². The van der Waals surface area contributed by atoms with Crippen LogP contribution in [-0.2, 0) is 0 Å². The molecule has 0 spiro atoms. The Morgan fingerprint density at radius 3 is 2.55 bits per heavy atom. The van der Waals surface area contributed by atoms with Crippen molar-refractivity contribution in [2.45, 2.75) is 13.8 Å². The average molecular weight is 276 g/mol. The summed E-state index contributed by atoms with van der Waals surface area (Å²) in [5, 5.41) is 11.5. The summed E-state index contributed by atoms with van der Waals surface area (Å²) >= 11 is 0. The van der Waals surface area contributed by atoms with E-state index in [0.29, 0.717) is 16.8 Å². The van der Waals surface area contributed by atoms with Crippen LogP contribution in [0, 0.1) is 19.7 Å². The van der Waals surface area contributed by atoms with Crippen molar-refractivity contribution in [3.05, 3.63) is 52.6 Å². The first kappa shape index (κ1) is 13.8. The van der Waals surface area contributed by atoms with Gasteiger partial charge in [0.25, 0.3) is 5.91 Å². The van der Waals surface area contributed by atoms with Crippen LogP contribution in [0.3, 0.4) is 0 Å². The van der Waals surface area contributed by atoms with Crippen LogP contribution >= 0.6 is 0 Å². The smallest absolute Gasteiger partial charge is 0.354 e. The molecular weight excluding hydrogens is 263 g/mol. The van der Waals surface area contributed by atoms with Crippen LogP contribution in [0.4, 0.5) is 10.1 Å². The molecule has 6 heteroatoms. The molecule has 0 radical (unpaired) electrons. The number of anilines is 1. The maximum Gasteiger partial charge on any atom is 0.354 e. The number of carboxylic acids is 1. The summed E-state index contributed by atoms with van der Waals surface area (Å²) in [5.74, 6) is -2.07. The van der Waals surface area contributed by atoms with E-state index in [-0.39, 0.29) is 11.4 Å². The maximum absolute atomic E-state index is 13.0. The van der Waals surface area contributed by atoms with E-state index in [1.54, 1.807) is 13.8 Å². The second kappa shape index (κ2) is 5.16. The molecule has 5 nitrogen and oxygen atoms in total. The van der Waals surface area contributed by atoms with Gasteiger partial charge in [-0.1, -0.05) is 0 Å². The highest BCUT2D eigenvalue weighted by Crippen LogP contribution is 2.19. The van der Waals surface area contributed by atoms with Gasteiger partial charge in [0.15, 0.2) is 0 Å². The summed E-state index contributed by atoms with van der Waals surface area (Å²) < 4.78 is 13.0. The van der Waals surface area contributed by atoms with Gasteiger partial charge in [0.05, 0.1) is 5.69 Å². The number of amides is 1. The lowest BCUT2D eigenvalue weighted by Crippen LogP contribution is -2.15. The normalized spacial score (nSPS) is 10.3. The first-order valence-corrected chi connectivity index (χ1v) is 5.89. The number of aromatic nitrogens is 1. The number of aromatic amines is 1. The Labute approximate surface area is 114 Å². The number of carbonyl (C=O) groups excluding carboxylic acids is 1. The molecule has 0 aliphatic rings. The number of aryl methyl sites for hydroxylation is 2. The Balaban J connectivity index is 2.30. The topological polar surface area (TPSA) is 82.2 Å². The number of H-pyrrole nitrogens is 1. The zero-order valence-electron chi connectivity index (χ0n) is 11.0. The molecule has 3 N–H and O–H groups in total. The van der Waals surface area contributed by atoms with E-state index in [1.807, 2.05) is 0 Å². The van der Waals surface area contributed by atoms with E-state index in [9.17, 15) is 14.0 Å². The zero-order valence-corrected chi connectivity index (χ0v) is 11.0. The molecule has 0 saturated carbocycles. The summed E-state index contributed by atoms with van der Waals surface area (Å²) in [6.45, 7) is 3.30. The van der Waals surface area contributed by atoms with Crippen molar-refractivity contribution >= 4 is 17.6 Å². The fourth-order valence-corrected chi connectivity index (χ4v) is 1.93. The van der Waals surface area contributed by atoms with E-state index in [2.05, 4.69) is 10.3 Å². The molecule has 20 heavy (non-hydrogen) atoms. The SMILES string of the molecule is Cc1cc(NC(=O)c2ccc(F)cc2C)c(C(=O)O)[nH]1. The van der Waals surface area contributed by atoms with Gasteiger partial charge in [0.1, 0.15) is 11.5 Å². The summed E-state index contributed by atoms with van der Waals surface area (Å²) in [6.07, 6.45) is 0. The highest BCUT2D eigenvalue weighted by molar-refractivity contribution is 6.08. The lowest BCUT2D eigenvalue weighted by molar-refractivity contribution is 0.0692. The van der Waals surface area contributed by atoms with Gasteiger partial charge >= 0.3 is 5.97 Å². The predicted octanol–water partition coefficient (Wildman–Crippen LogP) is 2.72. The Hall–Kier alpha value is -2.63. The molecule has 1 amide bonds. The number of nitrogens with one attached hydrogen (secondary N) is 2. The molecule has 1 heterocycles. The molecule has 0 aliphatic carbocycles. The van der Waals surface area contributed by atoms with Gasteiger partial charge in [-0.15, -0.1) is 0 Å². The third kappa shape index (κ3) is 2.69. The molecular formula is C14H13FN2O3. The Kier molecular flexibility index (Phi) is 3.56. The van der Waals surface area contributed by atoms with Crippen molar-refractivity contribution in [2.75, 3.05) is 5.32 Å². The number of halogens is 1. The van der Waals surface area contributed by atoms with Gasteiger partial charge < -0.3 is 15.4 Å². The lowest BCUT2D eigenvalue weighted by Gasteiger charge is -2.07. The fourth-order valence-electron chi connectivity index (χ4n) is 1.93. The fraction of sp³-hybridized carbons (Fsp3) is 0.143. The van der Waals surface area contributed by atoms with Gasteiger partial charge in [-0.3, -0.25) is 4.79 Å². The maximum atomic E-state index is 13.0. The van der Waals surface area contributed by atoms with Crippen LogP contribution in [0.1, 0.15) is 32.1 Å². The van der Waals surface area contributed by atoms with Crippen molar-refractivity contribution in [3.63, 3.8) is 0 Å². The third-order valence-electron chi connectivity index (χ3n) is 2.85. The zero-order chi connectivity index (χ0) is 14.9. The number of hydrogen-bond acceptors (Lipinski definition) is 2. The third-order valence-corrected chi connectivity index (χ3v) is 2.85. The first-order valence-electron chi connectivity index (χ1n) is 5.89. The Morgan fingerprint density at radius 1 is 1.25 bits per heavy atom. The molecule has 0 aliphatic heterocycles. The van der Waals surface area contributed by atoms with Crippen molar-refractivity contribution in [2.24, 2.45) is 0 Å². The molecule has 2 rings (SSSR count). The molecule has 0 saturated heterocycles. The second-order valence-corrected chi connectivity index (χ2v) is 4.46. The largest absolute Gasteiger partial charge is 0.477 e. The molecule has 1 aromatic heterocycles. The average Bonchev–Trinajstić information content (AvgIpc) is 2.70. The first-order chi connectivity index (χ1) is 9.38. The van der Waals surface area contributed by atoms with Crippen molar-refractivity contribution < 1.29 is 19.1 Å². The van der Waals surface area contributed by atoms with Gasteiger partial charge in [0.2, 0.25) is 0 Å².